The Morgan fingerprint density at radius 2 is 0.560 bits per heavy atom. The molecule has 0 radical (unpaired) electrons. The van der Waals surface area contributed by atoms with Crippen molar-refractivity contribution in [2.24, 2.45) is 0 Å². The van der Waals surface area contributed by atoms with E-state index in [9.17, 15) is 14.4 Å². The van der Waals surface area contributed by atoms with E-state index in [0.29, 0.717) is 12.8 Å². The van der Waals surface area contributed by atoms with E-state index in [0.717, 1.165) is 122 Å². The van der Waals surface area contributed by atoms with E-state index in [1.807, 2.05) is 12.2 Å². The molecule has 0 bridgehead atoms. The van der Waals surface area contributed by atoms with Gasteiger partial charge < -0.3 is 14.2 Å². The van der Waals surface area contributed by atoms with Crippen LogP contribution in [0.1, 0.15) is 226 Å². The number of unbranched alkanes of at least 4 members (excludes halogenated alkanes) is 12. The number of hydrogen-bond donors (Lipinski definition) is 0. The van der Waals surface area contributed by atoms with Gasteiger partial charge in [0.25, 0.3) is 0 Å². The van der Waals surface area contributed by atoms with Crippen LogP contribution in [0, 0.1) is 0 Å². The van der Waals surface area contributed by atoms with Crippen LogP contribution in [0.2, 0.25) is 0 Å². The van der Waals surface area contributed by atoms with Crippen molar-refractivity contribution in [1.82, 2.24) is 0 Å². The van der Waals surface area contributed by atoms with E-state index in [-0.39, 0.29) is 50.4 Å². The van der Waals surface area contributed by atoms with Crippen LogP contribution in [-0.2, 0) is 28.6 Å². The van der Waals surface area contributed by atoms with Gasteiger partial charge >= 0.3 is 17.9 Å². The van der Waals surface area contributed by atoms with E-state index >= 15 is 0 Å². The number of rotatable bonds is 51. The average molecular weight is 1030 g/mol. The lowest BCUT2D eigenvalue weighted by Crippen LogP contribution is -2.30. The molecule has 6 heteroatoms. The van der Waals surface area contributed by atoms with E-state index < -0.39 is 6.10 Å². The Balaban J connectivity index is 4.58. The summed E-state index contributed by atoms with van der Waals surface area (Å²) < 4.78 is 16.7. The molecule has 0 heterocycles. The molecule has 1 atom stereocenters. The normalized spacial score (nSPS) is 13.4. The SMILES string of the molecule is CC/C=C\C/C=C\C/C=C\C/C=C\C/C=C\C/C=C\C/C=C\CCCC(=O)OCC(COC(=O)CC/C=C\C/C=C\C/C=C\C/C=C\CC)OC(=O)CCCCCCCC/C=C\C/C=C\C/C=C\CCCCCCC. The fourth-order valence-corrected chi connectivity index (χ4v) is 7.33. The topological polar surface area (TPSA) is 78.9 Å². The molecule has 0 aromatic heterocycles. The lowest BCUT2D eigenvalue weighted by molar-refractivity contribution is -0.166. The maximum absolute atomic E-state index is 12.9. The number of hydrogen-bond acceptors (Lipinski definition) is 6. The zero-order valence-corrected chi connectivity index (χ0v) is 47.7. The van der Waals surface area contributed by atoms with Gasteiger partial charge in [0, 0.05) is 19.3 Å². The minimum absolute atomic E-state index is 0.144. The Morgan fingerprint density at radius 3 is 0.933 bits per heavy atom. The van der Waals surface area contributed by atoms with Gasteiger partial charge in [-0.1, -0.05) is 242 Å². The third-order valence-electron chi connectivity index (χ3n) is 11.7. The highest BCUT2D eigenvalue weighted by molar-refractivity contribution is 5.71. The third-order valence-corrected chi connectivity index (χ3v) is 11.7. The number of carbonyl (C=O) groups excluding carboxylic acids is 3. The summed E-state index contributed by atoms with van der Waals surface area (Å²) in [5.74, 6) is -1.10. The number of allylic oxidation sites excluding steroid dienone is 28. The molecular formula is C69H106O6. The summed E-state index contributed by atoms with van der Waals surface area (Å²) in [6, 6.07) is 0. The minimum Gasteiger partial charge on any atom is -0.462 e. The van der Waals surface area contributed by atoms with Gasteiger partial charge in [0.2, 0.25) is 0 Å². The first-order chi connectivity index (χ1) is 37.0. The van der Waals surface area contributed by atoms with Crippen molar-refractivity contribution in [3.63, 3.8) is 0 Å². The Hall–Kier alpha value is -5.23. The van der Waals surface area contributed by atoms with Crippen LogP contribution >= 0.6 is 0 Å². The monoisotopic (exact) mass is 1030 g/mol. The van der Waals surface area contributed by atoms with Crippen LogP contribution in [0.3, 0.4) is 0 Å². The predicted molar refractivity (Wildman–Crippen MR) is 325 cm³/mol. The third kappa shape index (κ3) is 59.5. The van der Waals surface area contributed by atoms with Crippen LogP contribution in [-0.4, -0.2) is 37.2 Å². The van der Waals surface area contributed by atoms with Gasteiger partial charge in [0.1, 0.15) is 13.2 Å². The predicted octanol–water partition coefficient (Wildman–Crippen LogP) is 20.3. The van der Waals surface area contributed by atoms with Gasteiger partial charge in [0.15, 0.2) is 6.10 Å². The molecule has 0 aliphatic carbocycles. The highest BCUT2D eigenvalue weighted by Gasteiger charge is 2.19. The van der Waals surface area contributed by atoms with E-state index in [1.165, 1.54) is 51.4 Å². The Bertz CT molecular complexity index is 1750. The van der Waals surface area contributed by atoms with Crippen LogP contribution in [0.5, 0.6) is 0 Å². The number of carbonyl (C=O) groups is 3. The van der Waals surface area contributed by atoms with Gasteiger partial charge in [-0.2, -0.15) is 0 Å². The molecule has 0 rings (SSSR count). The Morgan fingerprint density at radius 1 is 0.280 bits per heavy atom. The summed E-state index contributed by atoms with van der Waals surface area (Å²) >= 11 is 0. The van der Waals surface area contributed by atoms with Crippen molar-refractivity contribution in [3.8, 4) is 0 Å². The van der Waals surface area contributed by atoms with Crippen molar-refractivity contribution in [1.29, 1.82) is 0 Å². The minimum atomic E-state index is -0.848. The number of ether oxygens (including phenoxy) is 3. The van der Waals surface area contributed by atoms with Crippen molar-refractivity contribution in [2.45, 2.75) is 232 Å². The molecule has 0 fully saturated rings. The largest absolute Gasteiger partial charge is 0.462 e. The molecule has 6 nitrogen and oxygen atoms in total. The van der Waals surface area contributed by atoms with Crippen molar-refractivity contribution >= 4 is 17.9 Å². The summed E-state index contributed by atoms with van der Waals surface area (Å²) in [7, 11) is 0. The van der Waals surface area contributed by atoms with Gasteiger partial charge in [-0.3, -0.25) is 14.4 Å². The molecular weight excluding hydrogens is 925 g/mol. The first-order valence-electron chi connectivity index (χ1n) is 29.6. The second-order valence-electron chi connectivity index (χ2n) is 18.8. The zero-order chi connectivity index (χ0) is 54.3. The molecule has 0 aliphatic heterocycles. The molecule has 0 spiro atoms. The standard InChI is InChI=1S/C69H106O6/c1-4-7-10-13-16-19-22-25-27-29-31-33-34-36-37-39-41-44-47-50-53-56-59-62-68(71)74-65-66(64-73-67(70)61-58-55-52-49-46-43-24-21-18-15-12-9-6-3)75-69(72)63-60-57-54-51-48-45-42-40-38-35-32-30-28-26-23-20-17-14-11-8-5-2/h7,9-10,12,16,18-19,21,23,25-27,30-33,36-38,40-41,43-44,46,50,52-53,55,66H,4-6,8,11,13-15,17,20,22,24,28-29,34-35,39,42,45,47-49,51,54,56-65H2,1-3H3/b10-7-,12-9-,19-16-,21-18-,26-23-,27-25-,32-30-,33-31-,37-36-,40-38-,44-41-,46-43-,53-50-,55-52-. The van der Waals surface area contributed by atoms with Gasteiger partial charge in [-0.25, -0.2) is 0 Å². The Kier molecular flexibility index (Phi) is 57.0. The summed E-state index contributed by atoms with van der Waals surface area (Å²) in [5, 5.41) is 0. The highest BCUT2D eigenvalue weighted by Crippen LogP contribution is 2.12. The molecule has 0 amide bonds. The second kappa shape index (κ2) is 61.3. The van der Waals surface area contributed by atoms with Gasteiger partial charge in [-0.15, -0.1) is 0 Å². The van der Waals surface area contributed by atoms with E-state index in [1.54, 1.807) is 0 Å². The lowest BCUT2D eigenvalue weighted by Gasteiger charge is -2.18. The fraction of sp³-hybridized carbons (Fsp3) is 0.551. The van der Waals surface area contributed by atoms with Crippen LogP contribution in [0.15, 0.2) is 170 Å². The van der Waals surface area contributed by atoms with Crippen LogP contribution < -0.4 is 0 Å². The molecule has 75 heavy (non-hydrogen) atoms. The second-order valence-corrected chi connectivity index (χ2v) is 18.8. The highest BCUT2D eigenvalue weighted by atomic mass is 16.6. The summed E-state index contributed by atoms with van der Waals surface area (Å²) in [6.45, 7) is 6.25. The molecule has 418 valence electrons. The van der Waals surface area contributed by atoms with Crippen molar-refractivity contribution in [2.75, 3.05) is 13.2 Å². The fourth-order valence-electron chi connectivity index (χ4n) is 7.33. The maximum Gasteiger partial charge on any atom is 0.306 e. The molecule has 0 aliphatic rings. The smallest absolute Gasteiger partial charge is 0.306 e. The quantitative estimate of drug-likeness (QED) is 0.0261. The maximum atomic E-state index is 12.9. The van der Waals surface area contributed by atoms with Crippen LogP contribution in [0.25, 0.3) is 0 Å². The lowest BCUT2D eigenvalue weighted by atomic mass is 10.1. The summed E-state index contributed by atoms with van der Waals surface area (Å²) in [5.41, 5.74) is 0. The first kappa shape index (κ1) is 69.8. The molecule has 0 N–H and O–H groups in total. The van der Waals surface area contributed by atoms with Gasteiger partial charge in [-0.05, 0) is 135 Å². The van der Waals surface area contributed by atoms with Crippen molar-refractivity contribution in [3.05, 3.63) is 170 Å². The molecule has 1 unspecified atom stereocenters. The van der Waals surface area contributed by atoms with E-state index in [2.05, 4.69) is 179 Å². The zero-order valence-electron chi connectivity index (χ0n) is 47.7. The Labute approximate surface area is 460 Å². The number of esters is 3. The van der Waals surface area contributed by atoms with Crippen LogP contribution in [0.4, 0.5) is 0 Å². The molecule has 0 aromatic carbocycles. The first-order valence-corrected chi connectivity index (χ1v) is 29.6. The molecule has 0 saturated carbocycles. The average Bonchev–Trinajstić information content (AvgIpc) is 3.41. The van der Waals surface area contributed by atoms with E-state index in [4.69, 9.17) is 14.2 Å². The molecule has 0 saturated heterocycles. The van der Waals surface area contributed by atoms with Gasteiger partial charge in [0.05, 0.1) is 0 Å². The van der Waals surface area contributed by atoms with Crippen molar-refractivity contribution < 1.29 is 28.6 Å². The summed E-state index contributed by atoms with van der Waals surface area (Å²) in [4.78, 5) is 38.1. The molecule has 0 aromatic rings. The summed E-state index contributed by atoms with van der Waals surface area (Å²) in [6.07, 6.45) is 90.8.